The van der Waals surface area contributed by atoms with Crippen molar-refractivity contribution in [2.75, 3.05) is 52.4 Å². The van der Waals surface area contributed by atoms with Crippen molar-refractivity contribution in [3.05, 3.63) is 18.0 Å². The van der Waals surface area contributed by atoms with Gasteiger partial charge in [-0.2, -0.15) is 5.10 Å². The molecular weight excluding hydrogens is 318 g/mol. The van der Waals surface area contributed by atoms with E-state index in [1.54, 1.807) is 12.3 Å². The Morgan fingerprint density at radius 3 is 2.80 bits per heavy atom. The fourth-order valence-corrected chi connectivity index (χ4v) is 4.46. The van der Waals surface area contributed by atoms with Crippen molar-refractivity contribution in [1.29, 1.82) is 0 Å². The third-order valence-electron chi connectivity index (χ3n) is 5.91. The van der Waals surface area contributed by atoms with E-state index >= 15 is 0 Å². The molecule has 0 bridgehead atoms. The standard InChI is InChI=1S/C18H29N5O2/c24-18(15-3-6-19-20-15)23-9-4-16-17(5-10-23)25-14-13-22(16)12-11-21-7-1-2-8-21/h3,6,16-17H,1-2,4-5,7-14H2,(H,19,20). The summed E-state index contributed by atoms with van der Waals surface area (Å²) in [5.41, 5.74) is 0.580. The third-order valence-corrected chi connectivity index (χ3v) is 5.91. The first kappa shape index (κ1) is 17.0. The Labute approximate surface area is 149 Å². The zero-order valence-electron chi connectivity index (χ0n) is 14.9. The van der Waals surface area contributed by atoms with Crippen molar-refractivity contribution in [3.8, 4) is 0 Å². The van der Waals surface area contributed by atoms with E-state index in [1.165, 1.54) is 32.5 Å². The van der Waals surface area contributed by atoms with Crippen LogP contribution in [0.4, 0.5) is 0 Å². The highest BCUT2D eigenvalue weighted by Crippen LogP contribution is 2.24. The van der Waals surface area contributed by atoms with Gasteiger partial charge in [0.2, 0.25) is 0 Å². The number of hydrogen-bond donors (Lipinski definition) is 1. The molecule has 3 aliphatic rings. The van der Waals surface area contributed by atoms with Gasteiger partial charge in [0.05, 0.1) is 12.7 Å². The number of H-pyrrole nitrogens is 1. The summed E-state index contributed by atoms with van der Waals surface area (Å²) in [6.07, 6.45) is 6.50. The maximum absolute atomic E-state index is 12.6. The van der Waals surface area contributed by atoms with Crippen molar-refractivity contribution in [1.82, 2.24) is 24.9 Å². The van der Waals surface area contributed by atoms with Gasteiger partial charge in [-0.05, 0) is 44.8 Å². The lowest BCUT2D eigenvalue weighted by Gasteiger charge is -2.41. The number of rotatable bonds is 4. The summed E-state index contributed by atoms with van der Waals surface area (Å²) in [5.74, 6) is 0.0553. The predicted molar refractivity (Wildman–Crippen MR) is 94.5 cm³/mol. The van der Waals surface area contributed by atoms with Crippen molar-refractivity contribution in [2.45, 2.75) is 37.8 Å². The van der Waals surface area contributed by atoms with Crippen LogP contribution < -0.4 is 0 Å². The fraction of sp³-hybridized carbons (Fsp3) is 0.778. The fourth-order valence-electron chi connectivity index (χ4n) is 4.46. The number of likely N-dealkylation sites (tertiary alicyclic amines) is 2. The molecule has 0 saturated carbocycles. The number of nitrogens with one attached hydrogen (secondary N) is 1. The van der Waals surface area contributed by atoms with Crippen molar-refractivity contribution in [2.24, 2.45) is 0 Å². The Balaban J connectivity index is 1.36. The first-order chi connectivity index (χ1) is 12.3. The lowest BCUT2D eigenvalue weighted by atomic mass is 10.0. The van der Waals surface area contributed by atoms with Crippen LogP contribution in [-0.2, 0) is 4.74 Å². The summed E-state index contributed by atoms with van der Waals surface area (Å²) >= 11 is 0. The smallest absolute Gasteiger partial charge is 0.271 e. The average molecular weight is 347 g/mol. The molecule has 0 radical (unpaired) electrons. The van der Waals surface area contributed by atoms with Crippen LogP contribution in [0.1, 0.15) is 36.2 Å². The summed E-state index contributed by atoms with van der Waals surface area (Å²) in [6, 6.07) is 2.19. The van der Waals surface area contributed by atoms with Gasteiger partial charge in [-0.1, -0.05) is 0 Å². The number of aromatic amines is 1. The molecule has 0 spiro atoms. The van der Waals surface area contributed by atoms with Gasteiger partial charge in [0.15, 0.2) is 0 Å². The van der Waals surface area contributed by atoms with Gasteiger partial charge < -0.3 is 14.5 Å². The minimum Gasteiger partial charge on any atom is -0.375 e. The largest absolute Gasteiger partial charge is 0.375 e. The molecule has 4 rings (SSSR count). The van der Waals surface area contributed by atoms with Crippen molar-refractivity contribution >= 4 is 5.91 Å². The second-order valence-corrected chi connectivity index (χ2v) is 7.40. The molecule has 138 valence electrons. The highest BCUT2D eigenvalue weighted by molar-refractivity contribution is 5.92. The number of amides is 1. The number of hydrogen-bond acceptors (Lipinski definition) is 5. The minimum absolute atomic E-state index is 0.0553. The van der Waals surface area contributed by atoms with E-state index in [-0.39, 0.29) is 12.0 Å². The Morgan fingerprint density at radius 1 is 1.16 bits per heavy atom. The van der Waals surface area contributed by atoms with Gasteiger partial charge in [0.1, 0.15) is 5.69 Å². The van der Waals surface area contributed by atoms with Gasteiger partial charge in [-0.3, -0.25) is 14.8 Å². The normalized spacial score (nSPS) is 28.7. The molecule has 1 aromatic heterocycles. The number of carbonyl (C=O) groups is 1. The zero-order valence-corrected chi connectivity index (χ0v) is 14.9. The topological polar surface area (TPSA) is 64.7 Å². The van der Waals surface area contributed by atoms with Crippen LogP contribution in [-0.4, -0.2) is 95.4 Å². The van der Waals surface area contributed by atoms with E-state index in [4.69, 9.17) is 4.74 Å². The quantitative estimate of drug-likeness (QED) is 0.873. The number of ether oxygens (including phenoxy) is 1. The van der Waals surface area contributed by atoms with Crippen LogP contribution in [0.25, 0.3) is 0 Å². The number of nitrogens with zero attached hydrogens (tertiary/aromatic N) is 4. The van der Waals surface area contributed by atoms with E-state index in [0.717, 1.165) is 45.6 Å². The van der Waals surface area contributed by atoms with E-state index in [0.29, 0.717) is 11.7 Å². The van der Waals surface area contributed by atoms with Gasteiger partial charge in [-0.15, -0.1) is 0 Å². The van der Waals surface area contributed by atoms with Gasteiger partial charge in [0, 0.05) is 45.0 Å². The Kier molecular flexibility index (Phi) is 5.33. The van der Waals surface area contributed by atoms with Crippen LogP contribution >= 0.6 is 0 Å². The molecular formula is C18H29N5O2. The number of carbonyl (C=O) groups excluding carboxylic acids is 1. The summed E-state index contributed by atoms with van der Waals surface area (Å²) in [5, 5.41) is 6.69. The second-order valence-electron chi connectivity index (χ2n) is 7.40. The maximum atomic E-state index is 12.6. The Morgan fingerprint density at radius 2 is 2.00 bits per heavy atom. The summed E-state index contributed by atoms with van der Waals surface area (Å²) < 4.78 is 6.07. The van der Waals surface area contributed by atoms with Crippen molar-refractivity contribution < 1.29 is 9.53 Å². The summed E-state index contributed by atoms with van der Waals surface area (Å²) in [4.78, 5) is 19.7. The van der Waals surface area contributed by atoms with Crippen LogP contribution in [0.5, 0.6) is 0 Å². The molecule has 0 aliphatic carbocycles. The molecule has 3 saturated heterocycles. The molecule has 0 aromatic carbocycles. The molecule has 1 amide bonds. The lowest BCUT2D eigenvalue weighted by molar-refractivity contribution is -0.0727. The zero-order chi connectivity index (χ0) is 17.1. The van der Waals surface area contributed by atoms with Gasteiger partial charge >= 0.3 is 0 Å². The molecule has 25 heavy (non-hydrogen) atoms. The van der Waals surface area contributed by atoms with Crippen molar-refractivity contribution in [3.63, 3.8) is 0 Å². The molecule has 2 atom stereocenters. The van der Waals surface area contributed by atoms with Crippen LogP contribution in [0.3, 0.4) is 0 Å². The SMILES string of the molecule is O=C(c1ccn[nH]1)N1CCC2OCCN(CCN3CCCC3)C2CC1. The molecule has 1 N–H and O–H groups in total. The predicted octanol–water partition coefficient (Wildman–Crippen LogP) is 0.811. The lowest BCUT2D eigenvalue weighted by Crippen LogP contribution is -2.53. The van der Waals surface area contributed by atoms with Gasteiger partial charge in [0.25, 0.3) is 5.91 Å². The van der Waals surface area contributed by atoms with E-state index in [9.17, 15) is 4.79 Å². The monoisotopic (exact) mass is 347 g/mol. The molecule has 7 nitrogen and oxygen atoms in total. The van der Waals surface area contributed by atoms with E-state index in [1.807, 2.05) is 4.90 Å². The minimum atomic E-state index is 0.0553. The molecule has 2 unspecified atom stereocenters. The second kappa shape index (κ2) is 7.85. The Bertz CT molecular complexity index is 558. The molecule has 1 aromatic rings. The number of fused-ring (bicyclic) bond motifs is 1. The van der Waals surface area contributed by atoms with Crippen LogP contribution in [0.15, 0.2) is 12.3 Å². The maximum Gasteiger partial charge on any atom is 0.271 e. The van der Waals surface area contributed by atoms with Crippen LogP contribution in [0, 0.1) is 0 Å². The Hall–Kier alpha value is -1.44. The molecule has 3 aliphatic heterocycles. The molecule has 7 heteroatoms. The molecule has 3 fully saturated rings. The average Bonchev–Trinajstić information content (AvgIpc) is 3.30. The number of aromatic nitrogens is 2. The third kappa shape index (κ3) is 3.88. The van der Waals surface area contributed by atoms with E-state index < -0.39 is 0 Å². The van der Waals surface area contributed by atoms with Gasteiger partial charge in [-0.25, -0.2) is 0 Å². The summed E-state index contributed by atoms with van der Waals surface area (Å²) in [7, 11) is 0. The number of morpholine rings is 1. The molecule has 4 heterocycles. The van der Waals surface area contributed by atoms with Crippen LogP contribution in [0.2, 0.25) is 0 Å². The first-order valence-corrected chi connectivity index (χ1v) is 9.68. The highest BCUT2D eigenvalue weighted by atomic mass is 16.5. The summed E-state index contributed by atoms with van der Waals surface area (Å²) in [6.45, 7) is 8.19. The first-order valence-electron chi connectivity index (χ1n) is 9.68. The highest BCUT2D eigenvalue weighted by Gasteiger charge is 2.36. The van der Waals surface area contributed by atoms with E-state index in [2.05, 4.69) is 20.0 Å².